The number of hydrogen-bond acceptors (Lipinski definition) is 3. The third-order valence-electron chi connectivity index (χ3n) is 1.88. The van der Waals surface area contributed by atoms with Crippen LogP contribution < -0.4 is 5.32 Å². The van der Waals surface area contributed by atoms with Gasteiger partial charge in [0.25, 0.3) is 0 Å². The maximum atomic E-state index is 10.9. The quantitative estimate of drug-likeness (QED) is 0.674. The van der Waals surface area contributed by atoms with Gasteiger partial charge in [0.15, 0.2) is 0 Å². The average molecular weight is 230 g/mol. The van der Waals surface area contributed by atoms with Crippen molar-refractivity contribution in [3.8, 4) is 0 Å². The number of rotatable bonds is 5. The van der Waals surface area contributed by atoms with Crippen molar-refractivity contribution in [1.82, 2.24) is 0 Å². The third-order valence-corrected chi connectivity index (χ3v) is 2.19. The van der Waals surface area contributed by atoms with Crippen LogP contribution in [0.2, 0.25) is 5.02 Å². The molecule has 1 rings (SSSR count). The summed E-state index contributed by atoms with van der Waals surface area (Å²) in [5.74, 6) is -1.06. The Hall–Kier alpha value is -1.26. The molecule has 82 valence electrons. The van der Waals surface area contributed by atoms with E-state index < -0.39 is 5.97 Å². The van der Waals surface area contributed by atoms with E-state index in [0.717, 1.165) is 0 Å². The summed E-state index contributed by atoms with van der Waals surface area (Å²) >= 11 is 5.77. The van der Waals surface area contributed by atoms with Gasteiger partial charge in [-0.05, 0) is 18.6 Å². The Morgan fingerprint density at radius 1 is 1.47 bits per heavy atom. The van der Waals surface area contributed by atoms with Crippen molar-refractivity contribution < 1.29 is 15.0 Å². The number of carboxylic acids is 1. The molecular formula is C10H12ClNO3. The van der Waals surface area contributed by atoms with E-state index in [9.17, 15) is 4.79 Å². The fourth-order valence-corrected chi connectivity index (χ4v) is 1.45. The highest BCUT2D eigenvalue weighted by atomic mass is 35.5. The molecule has 0 spiro atoms. The van der Waals surface area contributed by atoms with Gasteiger partial charge in [0, 0.05) is 13.2 Å². The van der Waals surface area contributed by atoms with Gasteiger partial charge in [-0.15, -0.1) is 0 Å². The number of hydrogen-bond donors (Lipinski definition) is 3. The molecule has 3 N–H and O–H groups in total. The number of carbonyl (C=O) groups is 1. The van der Waals surface area contributed by atoms with Gasteiger partial charge >= 0.3 is 5.97 Å². The highest BCUT2D eigenvalue weighted by Crippen LogP contribution is 2.24. The van der Waals surface area contributed by atoms with Crippen LogP contribution in [0.5, 0.6) is 0 Å². The summed E-state index contributed by atoms with van der Waals surface area (Å²) in [5, 5.41) is 20.6. The Morgan fingerprint density at radius 3 is 2.80 bits per heavy atom. The predicted octanol–water partition coefficient (Wildman–Crippen LogP) is 1.83. The molecule has 4 nitrogen and oxygen atoms in total. The minimum Gasteiger partial charge on any atom is -0.478 e. The van der Waals surface area contributed by atoms with Gasteiger partial charge in [-0.2, -0.15) is 0 Å². The summed E-state index contributed by atoms with van der Waals surface area (Å²) in [7, 11) is 0. The molecule has 0 unspecified atom stereocenters. The minimum absolute atomic E-state index is 0.0654. The normalized spacial score (nSPS) is 10.0. The number of benzene rings is 1. The lowest BCUT2D eigenvalue weighted by molar-refractivity contribution is 0.0698. The molecule has 0 atom stereocenters. The zero-order valence-corrected chi connectivity index (χ0v) is 8.79. The predicted molar refractivity (Wildman–Crippen MR) is 58.6 cm³/mol. The number of aromatic carboxylic acids is 1. The van der Waals surface area contributed by atoms with Crippen molar-refractivity contribution in [2.24, 2.45) is 0 Å². The molecule has 0 bridgehead atoms. The molecule has 1 aromatic rings. The molecule has 1 aromatic carbocycles. The summed E-state index contributed by atoms with van der Waals surface area (Å²) in [6, 6.07) is 4.85. The highest BCUT2D eigenvalue weighted by molar-refractivity contribution is 6.34. The molecule has 15 heavy (non-hydrogen) atoms. The van der Waals surface area contributed by atoms with Crippen molar-refractivity contribution in [3.63, 3.8) is 0 Å². The second-order valence-corrected chi connectivity index (χ2v) is 3.38. The van der Waals surface area contributed by atoms with E-state index >= 15 is 0 Å². The van der Waals surface area contributed by atoms with Crippen LogP contribution in [0.1, 0.15) is 16.8 Å². The van der Waals surface area contributed by atoms with E-state index in [1.54, 1.807) is 12.1 Å². The Morgan fingerprint density at radius 2 is 2.20 bits per heavy atom. The van der Waals surface area contributed by atoms with Crippen LogP contribution >= 0.6 is 11.6 Å². The monoisotopic (exact) mass is 229 g/mol. The molecular weight excluding hydrogens is 218 g/mol. The summed E-state index contributed by atoms with van der Waals surface area (Å²) in [4.78, 5) is 10.9. The molecule has 0 aromatic heterocycles. The van der Waals surface area contributed by atoms with E-state index in [0.29, 0.717) is 18.7 Å². The molecule has 0 aliphatic rings. The smallest absolute Gasteiger partial charge is 0.339 e. The summed E-state index contributed by atoms with van der Waals surface area (Å²) in [6.07, 6.45) is 0.561. The molecule has 0 heterocycles. The van der Waals surface area contributed by atoms with Crippen LogP contribution in [0.3, 0.4) is 0 Å². The van der Waals surface area contributed by atoms with Crippen LogP contribution in [0.4, 0.5) is 5.69 Å². The molecule has 0 saturated carbocycles. The first-order valence-electron chi connectivity index (χ1n) is 4.53. The zero-order valence-electron chi connectivity index (χ0n) is 8.03. The van der Waals surface area contributed by atoms with Gasteiger partial charge in [0.2, 0.25) is 0 Å². The molecule has 5 heteroatoms. The van der Waals surface area contributed by atoms with Crippen molar-refractivity contribution in [1.29, 1.82) is 0 Å². The lowest BCUT2D eigenvalue weighted by atomic mass is 10.1. The number of carboxylic acid groups (broad SMARTS) is 1. The van der Waals surface area contributed by atoms with Crippen LogP contribution in [0.25, 0.3) is 0 Å². The van der Waals surface area contributed by atoms with Crippen LogP contribution in [-0.2, 0) is 0 Å². The molecule has 0 aliphatic heterocycles. The standard InChI is InChI=1S/C10H12ClNO3/c11-7-3-1-4-8(9(7)10(14)15)12-5-2-6-13/h1,3-4,12-13H,2,5-6H2,(H,14,15). The molecule has 0 saturated heterocycles. The number of aliphatic hydroxyl groups excluding tert-OH is 1. The average Bonchev–Trinajstić information content (AvgIpc) is 2.17. The fourth-order valence-electron chi connectivity index (χ4n) is 1.19. The van der Waals surface area contributed by atoms with Crippen LogP contribution in [-0.4, -0.2) is 29.3 Å². The fraction of sp³-hybridized carbons (Fsp3) is 0.300. The van der Waals surface area contributed by atoms with Crippen LogP contribution in [0.15, 0.2) is 18.2 Å². The largest absolute Gasteiger partial charge is 0.478 e. The first kappa shape index (κ1) is 11.8. The van der Waals surface area contributed by atoms with Crippen molar-refractivity contribution in [2.45, 2.75) is 6.42 Å². The number of anilines is 1. The van der Waals surface area contributed by atoms with Crippen molar-refractivity contribution in [2.75, 3.05) is 18.5 Å². The number of aliphatic hydroxyl groups is 1. The maximum Gasteiger partial charge on any atom is 0.339 e. The lowest BCUT2D eigenvalue weighted by Gasteiger charge is -2.09. The van der Waals surface area contributed by atoms with Gasteiger partial charge in [-0.3, -0.25) is 0 Å². The molecule has 0 radical (unpaired) electrons. The van der Waals surface area contributed by atoms with Crippen LogP contribution in [0, 0.1) is 0 Å². The van der Waals surface area contributed by atoms with E-state index in [2.05, 4.69) is 5.32 Å². The lowest BCUT2D eigenvalue weighted by Crippen LogP contribution is -2.09. The third kappa shape index (κ3) is 3.11. The summed E-state index contributed by atoms with van der Waals surface area (Å²) in [6.45, 7) is 0.576. The Kier molecular flexibility index (Phi) is 4.39. The number of nitrogens with one attached hydrogen (secondary N) is 1. The first-order valence-corrected chi connectivity index (χ1v) is 4.91. The minimum atomic E-state index is -1.06. The Bertz CT molecular complexity index is 355. The number of halogens is 1. The van der Waals surface area contributed by atoms with E-state index in [4.69, 9.17) is 21.8 Å². The molecule has 0 amide bonds. The molecule has 0 aliphatic carbocycles. The Labute approximate surface area is 92.5 Å². The van der Waals surface area contributed by atoms with Gasteiger partial charge in [-0.1, -0.05) is 17.7 Å². The summed E-state index contributed by atoms with van der Waals surface area (Å²) < 4.78 is 0. The maximum absolute atomic E-state index is 10.9. The van der Waals surface area contributed by atoms with Gasteiger partial charge in [0.1, 0.15) is 5.56 Å². The van der Waals surface area contributed by atoms with E-state index in [-0.39, 0.29) is 17.2 Å². The summed E-state index contributed by atoms with van der Waals surface area (Å²) in [5.41, 5.74) is 0.542. The van der Waals surface area contributed by atoms with Crippen molar-refractivity contribution in [3.05, 3.63) is 28.8 Å². The molecule has 0 fully saturated rings. The second kappa shape index (κ2) is 5.58. The van der Waals surface area contributed by atoms with Crippen molar-refractivity contribution >= 4 is 23.3 Å². The Balaban J connectivity index is 2.86. The highest BCUT2D eigenvalue weighted by Gasteiger charge is 2.13. The van der Waals surface area contributed by atoms with Gasteiger partial charge < -0.3 is 15.5 Å². The topological polar surface area (TPSA) is 69.6 Å². The van der Waals surface area contributed by atoms with E-state index in [1.807, 2.05) is 0 Å². The van der Waals surface area contributed by atoms with Gasteiger partial charge in [-0.25, -0.2) is 4.79 Å². The second-order valence-electron chi connectivity index (χ2n) is 2.97. The first-order chi connectivity index (χ1) is 7.16. The van der Waals surface area contributed by atoms with E-state index in [1.165, 1.54) is 6.07 Å². The zero-order chi connectivity index (χ0) is 11.3. The SMILES string of the molecule is O=C(O)c1c(Cl)cccc1NCCCO. The van der Waals surface area contributed by atoms with Gasteiger partial charge in [0.05, 0.1) is 10.7 Å².